The number of likely N-dealkylation sites (N-methyl/N-ethyl adjacent to an activating group) is 1. The van der Waals surface area contributed by atoms with Crippen LogP contribution in [-0.2, 0) is 4.74 Å². The van der Waals surface area contributed by atoms with Crippen LogP contribution in [0.15, 0.2) is 35.6 Å². The summed E-state index contributed by atoms with van der Waals surface area (Å²) in [5.74, 6) is 0.534. The van der Waals surface area contributed by atoms with E-state index in [0.29, 0.717) is 11.6 Å². The van der Waals surface area contributed by atoms with Gasteiger partial charge >= 0.3 is 0 Å². The lowest BCUT2D eigenvalue weighted by atomic mass is 10.1. The van der Waals surface area contributed by atoms with Crippen LogP contribution in [0, 0.1) is 0 Å². The highest BCUT2D eigenvalue weighted by Gasteiger charge is 2.18. The van der Waals surface area contributed by atoms with E-state index < -0.39 is 0 Å². The summed E-state index contributed by atoms with van der Waals surface area (Å²) in [7, 11) is 5.20. The van der Waals surface area contributed by atoms with E-state index in [2.05, 4.69) is 25.6 Å². The minimum Gasteiger partial charge on any atom is -0.398 e. The van der Waals surface area contributed by atoms with Crippen molar-refractivity contribution in [3.05, 3.63) is 36.2 Å². The molecule has 0 aliphatic carbocycles. The third kappa shape index (κ3) is 4.02. The second kappa shape index (κ2) is 8.62. The number of nitrogens with one attached hydrogen (secondary N) is 2. The maximum atomic E-state index is 6.36. The summed E-state index contributed by atoms with van der Waals surface area (Å²) in [6.45, 7) is 0. The Kier molecular flexibility index (Phi) is 6.53. The molecule has 2 heterocycles. The van der Waals surface area contributed by atoms with Crippen LogP contribution in [0.3, 0.4) is 0 Å². The Labute approximate surface area is 146 Å². The van der Waals surface area contributed by atoms with Gasteiger partial charge in [-0.05, 0) is 31.5 Å². The standard InChI is InChI=1S/C16H22N6OS/c1-18-12(23-3)8-11(17)13-14(10-6-5-7-20-9-10)21-16(19-2)22-15(13)24-4/h5-9,12,18H,17H2,1-4H3,(H,19,21,22)/b11-8-. The molecule has 0 saturated heterocycles. The van der Waals surface area contributed by atoms with E-state index in [9.17, 15) is 0 Å². The molecule has 0 aliphatic heterocycles. The summed E-state index contributed by atoms with van der Waals surface area (Å²) in [4.78, 5) is 13.3. The number of hydrogen-bond acceptors (Lipinski definition) is 8. The molecule has 128 valence electrons. The molecule has 0 aromatic carbocycles. The number of nitrogens with zero attached hydrogens (tertiary/aromatic N) is 3. The molecule has 2 aromatic heterocycles. The largest absolute Gasteiger partial charge is 0.398 e. The highest BCUT2D eigenvalue weighted by molar-refractivity contribution is 7.98. The molecule has 7 nitrogen and oxygen atoms in total. The first kappa shape index (κ1) is 18.2. The van der Waals surface area contributed by atoms with Crippen molar-refractivity contribution in [2.24, 2.45) is 5.73 Å². The Morgan fingerprint density at radius 2 is 2.17 bits per heavy atom. The molecule has 0 radical (unpaired) electrons. The molecule has 8 heteroatoms. The second-order valence-corrected chi connectivity index (χ2v) is 5.63. The Morgan fingerprint density at radius 3 is 2.71 bits per heavy atom. The average Bonchev–Trinajstić information content (AvgIpc) is 2.65. The van der Waals surface area contributed by atoms with Crippen LogP contribution in [0.4, 0.5) is 5.95 Å². The summed E-state index contributed by atoms with van der Waals surface area (Å²) in [6.07, 6.45) is 6.94. The van der Waals surface area contributed by atoms with Gasteiger partial charge in [-0.3, -0.25) is 10.3 Å². The molecule has 0 saturated carbocycles. The molecule has 0 bridgehead atoms. The third-order valence-corrected chi connectivity index (χ3v) is 4.07. The molecular weight excluding hydrogens is 324 g/mol. The van der Waals surface area contributed by atoms with Gasteiger partial charge in [-0.1, -0.05) is 0 Å². The van der Waals surface area contributed by atoms with Gasteiger partial charge in [0.1, 0.15) is 11.3 Å². The van der Waals surface area contributed by atoms with Crippen LogP contribution >= 0.6 is 11.8 Å². The Balaban J connectivity index is 2.68. The zero-order valence-corrected chi connectivity index (χ0v) is 15.0. The lowest BCUT2D eigenvalue weighted by molar-refractivity contribution is 0.120. The topological polar surface area (TPSA) is 98.0 Å². The predicted molar refractivity (Wildman–Crippen MR) is 98.6 cm³/mol. The fourth-order valence-electron chi connectivity index (χ4n) is 2.19. The predicted octanol–water partition coefficient (Wildman–Crippen LogP) is 1.79. The number of pyridine rings is 1. The fraction of sp³-hybridized carbons (Fsp3) is 0.312. The number of anilines is 1. The van der Waals surface area contributed by atoms with E-state index >= 15 is 0 Å². The first-order chi connectivity index (χ1) is 11.6. The molecule has 0 aliphatic rings. The van der Waals surface area contributed by atoms with Crippen LogP contribution in [0.25, 0.3) is 17.0 Å². The summed E-state index contributed by atoms with van der Waals surface area (Å²) in [5.41, 5.74) is 9.27. The molecule has 0 spiro atoms. The van der Waals surface area contributed by atoms with Crippen LogP contribution in [0.1, 0.15) is 5.56 Å². The average molecular weight is 346 g/mol. The Hall–Kier alpha value is -2.16. The number of ether oxygens (including phenoxy) is 1. The molecular formula is C16H22N6OS. The Morgan fingerprint density at radius 1 is 1.38 bits per heavy atom. The first-order valence-corrected chi connectivity index (χ1v) is 8.59. The van der Waals surface area contributed by atoms with Crippen LogP contribution in [-0.4, -0.2) is 48.6 Å². The number of hydrogen-bond donors (Lipinski definition) is 3. The van der Waals surface area contributed by atoms with Crippen molar-refractivity contribution in [1.29, 1.82) is 0 Å². The van der Waals surface area contributed by atoms with Gasteiger partial charge in [0.25, 0.3) is 0 Å². The van der Waals surface area contributed by atoms with E-state index in [1.54, 1.807) is 39.7 Å². The molecule has 0 amide bonds. The van der Waals surface area contributed by atoms with Gasteiger partial charge in [-0.2, -0.15) is 0 Å². The van der Waals surface area contributed by atoms with E-state index in [1.807, 2.05) is 18.4 Å². The normalized spacial score (nSPS) is 12.9. The molecule has 0 fully saturated rings. The van der Waals surface area contributed by atoms with Crippen molar-refractivity contribution in [2.75, 3.05) is 32.8 Å². The van der Waals surface area contributed by atoms with E-state index in [-0.39, 0.29) is 6.23 Å². The van der Waals surface area contributed by atoms with Crippen LogP contribution < -0.4 is 16.4 Å². The summed E-state index contributed by atoms with van der Waals surface area (Å²) in [6, 6.07) is 3.81. The zero-order valence-electron chi connectivity index (χ0n) is 14.2. The zero-order chi connectivity index (χ0) is 17.5. The van der Waals surface area contributed by atoms with Crippen molar-refractivity contribution < 1.29 is 4.74 Å². The van der Waals surface area contributed by atoms with Crippen molar-refractivity contribution in [2.45, 2.75) is 11.3 Å². The number of rotatable bonds is 7. The monoisotopic (exact) mass is 346 g/mol. The minimum absolute atomic E-state index is 0.301. The highest BCUT2D eigenvalue weighted by atomic mass is 32.2. The maximum Gasteiger partial charge on any atom is 0.224 e. The van der Waals surface area contributed by atoms with Gasteiger partial charge in [-0.15, -0.1) is 11.8 Å². The molecule has 4 N–H and O–H groups in total. The van der Waals surface area contributed by atoms with Crippen molar-refractivity contribution in [1.82, 2.24) is 20.3 Å². The first-order valence-electron chi connectivity index (χ1n) is 7.36. The van der Waals surface area contributed by atoms with Crippen LogP contribution in [0.5, 0.6) is 0 Å². The number of thioether (sulfide) groups is 1. The molecule has 2 aromatic rings. The SMILES string of the molecule is CNc1nc(SC)c(/C(N)=C/C(NC)OC)c(-c2cccnc2)n1. The summed E-state index contributed by atoms with van der Waals surface area (Å²) in [5, 5.41) is 6.79. The lowest BCUT2D eigenvalue weighted by Gasteiger charge is -2.16. The van der Waals surface area contributed by atoms with Gasteiger partial charge in [0.15, 0.2) is 0 Å². The van der Waals surface area contributed by atoms with Gasteiger partial charge in [0, 0.05) is 37.8 Å². The maximum absolute atomic E-state index is 6.36. The van der Waals surface area contributed by atoms with Gasteiger partial charge in [-0.25, -0.2) is 9.97 Å². The van der Waals surface area contributed by atoms with Gasteiger partial charge in [0.2, 0.25) is 5.95 Å². The number of methoxy groups -OCH3 is 1. The molecule has 2 rings (SSSR count). The highest BCUT2D eigenvalue weighted by Crippen LogP contribution is 2.32. The van der Waals surface area contributed by atoms with Gasteiger partial charge in [0.05, 0.1) is 11.3 Å². The summed E-state index contributed by atoms with van der Waals surface area (Å²) < 4.78 is 5.32. The Bertz CT molecular complexity index is 703. The third-order valence-electron chi connectivity index (χ3n) is 3.39. The minimum atomic E-state index is -0.301. The van der Waals surface area contributed by atoms with E-state index in [0.717, 1.165) is 21.8 Å². The second-order valence-electron chi connectivity index (χ2n) is 4.84. The molecule has 24 heavy (non-hydrogen) atoms. The van der Waals surface area contributed by atoms with Crippen molar-refractivity contribution >= 4 is 23.4 Å². The number of nitrogens with two attached hydrogens (primary N) is 1. The van der Waals surface area contributed by atoms with E-state index in [1.165, 1.54) is 11.8 Å². The van der Waals surface area contributed by atoms with Gasteiger partial charge < -0.3 is 15.8 Å². The smallest absolute Gasteiger partial charge is 0.224 e. The quantitative estimate of drug-likeness (QED) is 0.397. The molecule has 1 unspecified atom stereocenters. The number of aromatic nitrogens is 3. The lowest BCUT2D eigenvalue weighted by Crippen LogP contribution is -2.25. The van der Waals surface area contributed by atoms with Crippen LogP contribution in [0.2, 0.25) is 0 Å². The van der Waals surface area contributed by atoms with Crippen molar-refractivity contribution in [3.8, 4) is 11.3 Å². The summed E-state index contributed by atoms with van der Waals surface area (Å²) >= 11 is 1.51. The van der Waals surface area contributed by atoms with Crippen molar-refractivity contribution in [3.63, 3.8) is 0 Å². The molecule has 1 atom stereocenters. The van der Waals surface area contributed by atoms with E-state index in [4.69, 9.17) is 10.5 Å². The fourth-order valence-corrected chi connectivity index (χ4v) is 2.78.